The number of rotatable bonds is 5. The van der Waals surface area contributed by atoms with Crippen molar-refractivity contribution in [1.29, 1.82) is 0 Å². The molecule has 0 saturated carbocycles. The molecule has 1 heterocycles. The zero-order valence-electron chi connectivity index (χ0n) is 9.95. The van der Waals surface area contributed by atoms with E-state index in [-0.39, 0.29) is 11.9 Å². The number of hydrogen-bond donors (Lipinski definition) is 0. The third-order valence-corrected chi connectivity index (χ3v) is 5.07. The number of carbonyl (C=O) groups excluding carboxylic acids is 2. The van der Waals surface area contributed by atoms with E-state index in [1.165, 1.54) is 13.8 Å². The Bertz CT molecular complexity index is 258. The molecule has 0 aromatic rings. The summed E-state index contributed by atoms with van der Waals surface area (Å²) in [5, 5.41) is 0. The van der Waals surface area contributed by atoms with Crippen molar-refractivity contribution in [2.75, 3.05) is 13.2 Å². The summed E-state index contributed by atoms with van der Waals surface area (Å²) in [4.78, 5) is 21.9. The highest BCUT2D eigenvalue weighted by Crippen LogP contribution is 2.24. The highest BCUT2D eigenvalue weighted by atomic mass is 28.4. The third kappa shape index (κ3) is 4.32. The lowest BCUT2D eigenvalue weighted by atomic mass is 10.1. The van der Waals surface area contributed by atoms with Crippen molar-refractivity contribution in [3.8, 4) is 0 Å². The van der Waals surface area contributed by atoms with E-state index in [0.29, 0.717) is 12.0 Å². The predicted octanol–water partition coefficient (Wildman–Crippen LogP) is 1.22. The van der Waals surface area contributed by atoms with Crippen molar-refractivity contribution >= 4 is 20.5 Å². The van der Waals surface area contributed by atoms with Gasteiger partial charge in [0.1, 0.15) is 0 Å². The van der Waals surface area contributed by atoms with Gasteiger partial charge < -0.3 is 13.6 Å². The van der Waals surface area contributed by atoms with Gasteiger partial charge in [-0.05, 0) is 6.42 Å². The summed E-state index contributed by atoms with van der Waals surface area (Å²) in [5.74, 6) is -0.265. The van der Waals surface area contributed by atoms with Crippen molar-refractivity contribution in [2.45, 2.75) is 32.9 Å². The monoisotopic (exact) mass is 246 g/mol. The van der Waals surface area contributed by atoms with Gasteiger partial charge in [-0.15, -0.1) is 0 Å². The molecule has 0 N–H and O–H groups in total. The molecule has 16 heavy (non-hydrogen) atoms. The van der Waals surface area contributed by atoms with Crippen LogP contribution in [0.4, 0.5) is 0 Å². The Morgan fingerprint density at radius 1 is 1.25 bits per heavy atom. The van der Waals surface area contributed by atoms with Crippen LogP contribution in [0.25, 0.3) is 0 Å². The molecule has 1 fully saturated rings. The first-order valence-electron chi connectivity index (χ1n) is 5.38. The van der Waals surface area contributed by atoms with Crippen LogP contribution in [0, 0.1) is 5.92 Å². The second-order valence-corrected chi connectivity index (χ2v) is 7.44. The van der Waals surface area contributed by atoms with Gasteiger partial charge in [0.2, 0.25) is 0 Å². The normalized spacial score (nSPS) is 16.4. The van der Waals surface area contributed by atoms with Crippen LogP contribution >= 0.6 is 0 Å². The summed E-state index contributed by atoms with van der Waals surface area (Å²) in [6, 6.07) is 0.639. The van der Waals surface area contributed by atoms with E-state index in [2.05, 4.69) is 0 Å². The Hall–Kier alpha value is -0.883. The molecule has 5 nitrogen and oxygen atoms in total. The lowest BCUT2D eigenvalue weighted by molar-refractivity contribution is -0.138. The van der Waals surface area contributed by atoms with Crippen LogP contribution in [0.15, 0.2) is 0 Å². The molecular formula is C10H18O5Si. The van der Waals surface area contributed by atoms with E-state index in [4.69, 9.17) is 13.6 Å². The zero-order valence-corrected chi connectivity index (χ0v) is 10.9. The molecule has 0 atom stereocenters. The van der Waals surface area contributed by atoms with Crippen LogP contribution in [0.5, 0.6) is 0 Å². The summed E-state index contributed by atoms with van der Waals surface area (Å²) < 4.78 is 15.4. The number of carbonyl (C=O) groups is 2. The quantitative estimate of drug-likeness (QED) is 0.683. The molecule has 92 valence electrons. The lowest BCUT2D eigenvalue weighted by Crippen LogP contribution is -2.43. The largest absolute Gasteiger partial charge is 0.485 e. The van der Waals surface area contributed by atoms with E-state index in [0.717, 1.165) is 19.6 Å². The Kier molecular flexibility index (Phi) is 4.49. The SMILES string of the molecule is CC(=O)O[Si](C)(CCC1COC1)OC(C)=O. The summed E-state index contributed by atoms with van der Waals surface area (Å²) in [6.07, 6.45) is 0.878. The summed E-state index contributed by atoms with van der Waals surface area (Å²) in [5.41, 5.74) is 0. The molecular weight excluding hydrogens is 228 g/mol. The van der Waals surface area contributed by atoms with Crippen molar-refractivity contribution in [3.05, 3.63) is 0 Å². The maximum absolute atomic E-state index is 11.0. The predicted molar refractivity (Wildman–Crippen MR) is 58.9 cm³/mol. The molecule has 1 aliphatic rings. The van der Waals surface area contributed by atoms with Gasteiger partial charge >= 0.3 is 8.56 Å². The first kappa shape index (κ1) is 13.2. The van der Waals surface area contributed by atoms with Gasteiger partial charge in [0.15, 0.2) is 0 Å². The zero-order chi connectivity index (χ0) is 12.2. The maximum Gasteiger partial charge on any atom is 0.461 e. The second kappa shape index (κ2) is 5.45. The van der Waals surface area contributed by atoms with Crippen molar-refractivity contribution in [2.24, 2.45) is 5.92 Å². The highest BCUT2D eigenvalue weighted by molar-refractivity contribution is 6.69. The molecule has 0 aromatic carbocycles. The van der Waals surface area contributed by atoms with Gasteiger partial charge in [-0.1, -0.05) is 0 Å². The molecule has 0 radical (unpaired) electrons. The lowest BCUT2D eigenvalue weighted by Gasteiger charge is -2.30. The molecule has 0 bridgehead atoms. The summed E-state index contributed by atoms with van der Waals surface area (Å²) in [6.45, 7) is 5.92. The van der Waals surface area contributed by atoms with E-state index in [1.54, 1.807) is 6.55 Å². The molecule has 0 amide bonds. The Morgan fingerprint density at radius 3 is 2.06 bits per heavy atom. The van der Waals surface area contributed by atoms with Gasteiger partial charge in [-0.2, -0.15) is 0 Å². The van der Waals surface area contributed by atoms with Crippen molar-refractivity contribution in [3.63, 3.8) is 0 Å². The second-order valence-electron chi connectivity index (χ2n) is 4.26. The van der Waals surface area contributed by atoms with E-state index in [1.807, 2.05) is 0 Å². The van der Waals surface area contributed by atoms with E-state index >= 15 is 0 Å². The van der Waals surface area contributed by atoms with Crippen LogP contribution in [-0.4, -0.2) is 33.7 Å². The Balaban J connectivity index is 2.46. The summed E-state index contributed by atoms with van der Waals surface area (Å²) in [7, 11) is -2.68. The molecule has 0 unspecified atom stereocenters. The van der Waals surface area contributed by atoms with Crippen LogP contribution in [-0.2, 0) is 23.2 Å². The number of ether oxygens (including phenoxy) is 1. The molecule has 1 aliphatic heterocycles. The molecule has 1 rings (SSSR count). The first-order valence-corrected chi connectivity index (χ1v) is 7.90. The first-order chi connectivity index (χ1) is 7.41. The number of hydrogen-bond acceptors (Lipinski definition) is 5. The van der Waals surface area contributed by atoms with Gasteiger partial charge in [-0.3, -0.25) is 9.59 Å². The van der Waals surface area contributed by atoms with Gasteiger partial charge in [0, 0.05) is 32.4 Å². The third-order valence-electron chi connectivity index (χ3n) is 2.43. The van der Waals surface area contributed by atoms with E-state index < -0.39 is 8.56 Å². The van der Waals surface area contributed by atoms with Crippen molar-refractivity contribution < 1.29 is 23.2 Å². The fourth-order valence-electron chi connectivity index (χ4n) is 1.65. The van der Waals surface area contributed by atoms with Gasteiger partial charge in [0.25, 0.3) is 11.9 Å². The molecule has 0 spiro atoms. The molecule has 0 aromatic heterocycles. The van der Waals surface area contributed by atoms with Gasteiger partial charge in [-0.25, -0.2) is 0 Å². The fraction of sp³-hybridized carbons (Fsp3) is 0.800. The average Bonchev–Trinajstić information content (AvgIpc) is 1.96. The van der Waals surface area contributed by atoms with Crippen LogP contribution < -0.4 is 0 Å². The minimum Gasteiger partial charge on any atom is -0.485 e. The average molecular weight is 246 g/mol. The minimum atomic E-state index is -2.68. The topological polar surface area (TPSA) is 61.8 Å². The molecule has 6 heteroatoms. The van der Waals surface area contributed by atoms with Crippen molar-refractivity contribution in [1.82, 2.24) is 0 Å². The highest BCUT2D eigenvalue weighted by Gasteiger charge is 2.39. The van der Waals surface area contributed by atoms with Crippen LogP contribution in [0.2, 0.25) is 12.6 Å². The van der Waals surface area contributed by atoms with Crippen LogP contribution in [0.1, 0.15) is 20.3 Å². The molecule has 0 aliphatic carbocycles. The Morgan fingerprint density at radius 2 is 1.75 bits per heavy atom. The summed E-state index contributed by atoms with van der Waals surface area (Å²) >= 11 is 0. The van der Waals surface area contributed by atoms with E-state index in [9.17, 15) is 9.59 Å². The smallest absolute Gasteiger partial charge is 0.461 e. The maximum atomic E-state index is 11.0. The fourth-order valence-corrected chi connectivity index (χ4v) is 4.04. The molecule has 1 saturated heterocycles. The standard InChI is InChI=1S/C10H18O5Si/c1-8(11)14-16(3,15-9(2)12)5-4-10-6-13-7-10/h10H,4-7H2,1-3H3. The Labute approximate surface area is 96.3 Å². The minimum absolute atomic E-state index is 0.389. The van der Waals surface area contributed by atoms with Gasteiger partial charge in [0.05, 0.1) is 13.2 Å². The van der Waals surface area contributed by atoms with Crippen LogP contribution in [0.3, 0.4) is 0 Å².